The van der Waals surface area contributed by atoms with Crippen LogP contribution in [0.5, 0.6) is 5.75 Å². The molecule has 1 saturated heterocycles. The van der Waals surface area contributed by atoms with Crippen LogP contribution in [0.1, 0.15) is 68.2 Å². The van der Waals surface area contributed by atoms with E-state index in [0.29, 0.717) is 29.3 Å². The van der Waals surface area contributed by atoms with Gasteiger partial charge in [-0.3, -0.25) is 9.88 Å². The van der Waals surface area contributed by atoms with Gasteiger partial charge in [0.1, 0.15) is 6.33 Å². The van der Waals surface area contributed by atoms with Crippen LogP contribution in [0.15, 0.2) is 24.7 Å². The lowest BCUT2D eigenvalue weighted by molar-refractivity contribution is 0.00720. The van der Waals surface area contributed by atoms with Crippen LogP contribution < -0.4 is 4.74 Å². The summed E-state index contributed by atoms with van der Waals surface area (Å²) >= 11 is 0. The first-order valence-corrected chi connectivity index (χ1v) is 13.3. The van der Waals surface area contributed by atoms with Crippen molar-refractivity contribution < 1.29 is 9.47 Å². The van der Waals surface area contributed by atoms with Crippen LogP contribution in [0, 0.1) is 6.92 Å². The number of methoxy groups -OCH3 is 1. The number of H-pyrrole nitrogens is 1. The van der Waals surface area contributed by atoms with Crippen molar-refractivity contribution in [3.8, 4) is 17.0 Å². The summed E-state index contributed by atoms with van der Waals surface area (Å²) in [6, 6.07) is 5.04. The van der Waals surface area contributed by atoms with Gasteiger partial charge in [0.25, 0.3) is 0 Å². The quantitative estimate of drug-likeness (QED) is 0.422. The molecule has 4 aromatic rings. The van der Waals surface area contributed by atoms with Crippen LogP contribution in [-0.4, -0.2) is 68.9 Å². The van der Waals surface area contributed by atoms with Crippen molar-refractivity contribution in [2.75, 3.05) is 33.4 Å². The molecular formula is C28H36N6O2. The minimum atomic E-state index is 0.311. The summed E-state index contributed by atoms with van der Waals surface area (Å²) in [5.74, 6) is 1.54. The van der Waals surface area contributed by atoms with Crippen molar-refractivity contribution in [1.29, 1.82) is 0 Å². The van der Waals surface area contributed by atoms with Gasteiger partial charge in [0, 0.05) is 48.1 Å². The van der Waals surface area contributed by atoms with Crippen molar-refractivity contribution in [3.63, 3.8) is 0 Å². The third kappa shape index (κ3) is 4.06. The first kappa shape index (κ1) is 23.4. The number of pyridine rings is 2. The second kappa shape index (κ2) is 9.48. The van der Waals surface area contributed by atoms with Gasteiger partial charge in [-0.1, -0.05) is 13.8 Å². The van der Waals surface area contributed by atoms with Crippen LogP contribution in [0.4, 0.5) is 0 Å². The lowest BCUT2D eigenvalue weighted by atomic mass is 9.82. The van der Waals surface area contributed by atoms with Gasteiger partial charge in [0.05, 0.1) is 37.1 Å². The third-order valence-electron chi connectivity index (χ3n) is 8.11. The molecule has 5 heterocycles. The molecule has 1 aliphatic carbocycles. The zero-order chi connectivity index (χ0) is 24.8. The zero-order valence-corrected chi connectivity index (χ0v) is 21.8. The SMILES string of the molecule is COc1cc(-c2[nH]c3cc(C)c(C4CCC(N5CCOCC5)CC4)nc3c2C(C)C)cn2ncnc12. The largest absolute Gasteiger partial charge is 0.493 e. The molecule has 8 nitrogen and oxygen atoms in total. The Morgan fingerprint density at radius 3 is 2.61 bits per heavy atom. The number of aryl methyl sites for hydroxylation is 1. The van der Waals surface area contributed by atoms with E-state index < -0.39 is 0 Å². The second-order valence-electron chi connectivity index (χ2n) is 10.6. The highest BCUT2D eigenvalue weighted by Crippen LogP contribution is 2.40. The molecule has 190 valence electrons. The summed E-state index contributed by atoms with van der Waals surface area (Å²) in [4.78, 5) is 16.0. The lowest BCUT2D eigenvalue weighted by Crippen LogP contribution is -2.44. The fraction of sp³-hybridized carbons (Fsp3) is 0.536. The molecular weight excluding hydrogens is 452 g/mol. The molecule has 0 atom stereocenters. The van der Waals surface area contributed by atoms with Gasteiger partial charge in [0.2, 0.25) is 0 Å². The van der Waals surface area contributed by atoms with Crippen LogP contribution in [-0.2, 0) is 4.74 Å². The van der Waals surface area contributed by atoms with E-state index in [1.54, 1.807) is 18.0 Å². The highest BCUT2D eigenvalue weighted by atomic mass is 16.5. The molecule has 36 heavy (non-hydrogen) atoms. The number of aromatic amines is 1. The Labute approximate surface area is 212 Å². The Kier molecular flexibility index (Phi) is 6.17. The number of aromatic nitrogens is 5. The Morgan fingerprint density at radius 2 is 1.89 bits per heavy atom. The maximum Gasteiger partial charge on any atom is 0.197 e. The maximum atomic E-state index is 5.63. The van der Waals surface area contributed by atoms with E-state index in [1.807, 2.05) is 12.3 Å². The number of hydrogen-bond donors (Lipinski definition) is 1. The number of morpholine rings is 1. The average Bonchev–Trinajstić information content (AvgIpc) is 3.52. The molecule has 6 rings (SSSR count). The Bertz CT molecular complexity index is 1380. The van der Waals surface area contributed by atoms with E-state index in [2.05, 4.69) is 46.8 Å². The molecule has 4 aromatic heterocycles. The van der Waals surface area contributed by atoms with Gasteiger partial charge >= 0.3 is 0 Å². The van der Waals surface area contributed by atoms with Crippen molar-refractivity contribution in [3.05, 3.63) is 41.5 Å². The molecule has 1 saturated carbocycles. The number of nitrogens with one attached hydrogen (secondary N) is 1. The minimum absolute atomic E-state index is 0.311. The molecule has 0 unspecified atom stereocenters. The van der Waals surface area contributed by atoms with Gasteiger partial charge in [-0.05, 0) is 56.2 Å². The standard InChI is InChI=1S/C28H36N6O2/c1-17(2)24-26(20-14-23(35-4)28-29-16-30-34(28)15-20)31-22-13-18(3)25(32-27(22)24)19-5-7-21(8-6-19)33-9-11-36-12-10-33/h13-17,19,21,31H,5-12H2,1-4H3. The fourth-order valence-corrected chi connectivity index (χ4v) is 6.29. The molecule has 1 aliphatic heterocycles. The first-order chi connectivity index (χ1) is 17.5. The van der Waals surface area contributed by atoms with E-state index in [1.165, 1.54) is 42.5 Å². The normalized spacial score (nSPS) is 21.6. The van der Waals surface area contributed by atoms with Crippen molar-refractivity contribution in [2.45, 2.75) is 64.3 Å². The van der Waals surface area contributed by atoms with E-state index >= 15 is 0 Å². The van der Waals surface area contributed by atoms with Crippen LogP contribution in [0.2, 0.25) is 0 Å². The smallest absolute Gasteiger partial charge is 0.197 e. The molecule has 2 aliphatic rings. The van der Waals surface area contributed by atoms with Gasteiger partial charge in [-0.15, -0.1) is 0 Å². The molecule has 0 spiro atoms. The Morgan fingerprint density at radius 1 is 1.11 bits per heavy atom. The predicted octanol–water partition coefficient (Wildman–Crippen LogP) is 5.07. The number of rotatable bonds is 5. The van der Waals surface area contributed by atoms with Gasteiger partial charge in [-0.2, -0.15) is 5.10 Å². The monoisotopic (exact) mass is 488 g/mol. The van der Waals surface area contributed by atoms with Crippen molar-refractivity contribution >= 4 is 16.7 Å². The number of fused-ring (bicyclic) bond motifs is 2. The lowest BCUT2D eigenvalue weighted by Gasteiger charge is -2.38. The zero-order valence-electron chi connectivity index (χ0n) is 21.8. The van der Waals surface area contributed by atoms with E-state index in [4.69, 9.17) is 14.5 Å². The van der Waals surface area contributed by atoms with Crippen LogP contribution in [0.3, 0.4) is 0 Å². The third-order valence-corrected chi connectivity index (χ3v) is 8.11. The minimum Gasteiger partial charge on any atom is -0.493 e. The summed E-state index contributed by atoms with van der Waals surface area (Å²) in [7, 11) is 1.67. The van der Waals surface area contributed by atoms with Crippen LogP contribution in [0.25, 0.3) is 27.9 Å². The topological polar surface area (TPSA) is 80.6 Å². The van der Waals surface area contributed by atoms with Crippen LogP contribution >= 0.6 is 0 Å². The summed E-state index contributed by atoms with van der Waals surface area (Å²) in [5.41, 5.74) is 8.81. The summed E-state index contributed by atoms with van der Waals surface area (Å²) in [6.45, 7) is 10.6. The molecule has 8 heteroatoms. The molecule has 0 radical (unpaired) electrons. The van der Waals surface area contributed by atoms with Crippen molar-refractivity contribution in [1.82, 2.24) is 29.5 Å². The summed E-state index contributed by atoms with van der Waals surface area (Å²) in [6.07, 6.45) is 8.48. The highest BCUT2D eigenvalue weighted by molar-refractivity contribution is 5.89. The Balaban J connectivity index is 1.36. The van der Waals surface area contributed by atoms with Gasteiger partial charge in [0.15, 0.2) is 11.4 Å². The molecule has 1 N–H and O–H groups in total. The molecule has 0 aromatic carbocycles. The number of hydrogen-bond acceptors (Lipinski definition) is 6. The van der Waals surface area contributed by atoms with E-state index in [-0.39, 0.29) is 0 Å². The van der Waals surface area contributed by atoms with Gasteiger partial charge < -0.3 is 14.5 Å². The van der Waals surface area contributed by atoms with Gasteiger partial charge in [-0.25, -0.2) is 9.50 Å². The summed E-state index contributed by atoms with van der Waals surface area (Å²) in [5, 5.41) is 4.36. The molecule has 0 bridgehead atoms. The molecule has 0 amide bonds. The summed E-state index contributed by atoms with van der Waals surface area (Å²) < 4.78 is 13.0. The molecule has 2 fully saturated rings. The maximum absolute atomic E-state index is 5.63. The first-order valence-electron chi connectivity index (χ1n) is 13.3. The van der Waals surface area contributed by atoms with E-state index in [9.17, 15) is 0 Å². The number of nitrogens with zero attached hydrogens (tertiary/aromatic N) is 5. The second-order valence-corrected chi connectivity index (χ2v) is 10.6. The van der Waals surface area contributed by atoms with E-state index in [0.717, 1.165) is 48.6 Å². The van der Waals surface area contributed by atoms with Crippen molar-refractivity contribution in [2.24, 2.45) is 0 Å². The fourth-order valence-electron chi connectivity index (χ4n) is 6.29. The average molecular weight is 489 g/mol. The Hall–Kier alpha value is -2.97. The highest BCUT2D eigenvalue weighted by Gasteiger charge is 2.30. The number of ether oxygens (including phenoxy) is 2. The predicted molar refractivity (Wildman–Crippen MR) is 141 cm³/mol.